The van der Waals surface area contributed by atoms with Crippen LogP contribution in [-0.2, 0) is 6.42 Å². The molecule has 0 spiro atoms. The molecule has 0 amide bonds. The van der Waals surface area contributed by atoms with Gasteiger partial charge in [-0.05, 0) is 50.4 Å². The van der Waals surface area contributed by atoms with Crippen molar-refractivity contribution in [1.29, 1.82) is 0 Å². The molecule has 1 N–H and O–H groups in total. The van der Waals surface area contributed by atoms with Gasteiger partial charge in [0.15, 0.2) is 0 Å². The SMILES string of the molecule is Cc1ccc2cnc(CC3CCNCC3)n2c1. The Morgan fingerprint density at radius 1 is 1.35 bits per heavy atom. The summed E-state index contributed by atoms with van der Waals surface area (Å²) in [6.07, 6.45) is 7.84. The second-order valence-electron chi connectivity index (χ2n) is 5.07. The number of fused-ring (bicyclic) bond motifs is 1. The number of imidazole rings is 1. The van der Waals surface area contributed by atoms with Gasteiger partial charge in [0.1, 0.15) is 5.82 Å². The van der Waals surface area contributed by atoms with Gasteiger partial charge in [-0.2, -0.15) is 0 Å². The highest BCUT2D eigenvalue weighted by molar-refractivity contribution is 5.46. The summed E-state index contributed by atoms with van der Waals surface area (Å²) in [5, 5.41) is 3.41. The molecule has 0 atom stereocenters. The normalized spacial score (nSPS) is 17.7. The van der Waals surface area contributed by atoms with E-state index in [1.807, 2.05) is 6.20 Å². The second-order valence-corrected chi connectivity index (χ2v) is 5.07. The van der Waals surface area contributed by atoms with Crippen molar-refractivity contribution in [2.45, 2.75) is 26.2 Å². The van der Waals surface area contributed by atoms with Gasteiger partial charge in [-0.15, -0.1) is 0 Å². The number of piperidine rings is 1. The topological polar surface area (TPSA) is 29.3 Å². The summed E-state index contributed by atoms with van der Waals surface area (Å²) in [4.78, 5) is 4.57. The molecular formula is C14H19N3. The third kappa shape index (κ3) is 2.20. The molecule has 0 aromatic carbocycles. The van der Waals surface area contributed by atoms with Gasteiger partial charge in [-0.3, -0.25) is 0 Å². The van der Waals surface area contributed by atoms with Crippen LogP contribution in [0.3, 0.4) is 0 Å². The molecule has 90 valence electrons. The summed E-state index contributed by atoms with van der Waals surface area (Å²) >= 11 is 0. The first-order chi connectivity index (χ1) is 8.33. The first kappa shape index (κ1) is 10.8. The Kier molecular flexibility index (Phi) is 2.85. The Labute approximate surface area is 102 Å². The van der Waals surface area contributed by atoms with E-state index in [0.29, 0.717) is 0 Å². The minimum atomic E-state index is 0.794. The van der Waals surface area contributed by atoms with Gasteiger partial charge < -0.3 is 9.72 Å². The molecule has 3 nitrogen and oxygen atoms in total. The van der Waals surface area contributed by atoms with Crippen LogP contribution < -0.4 is 5.32 Å². The molecule has 2 aromatic heterocycles. The zero-order valence-electron chi connectivity index (χ0n) is 10.3. The molecule has 1 aliphatic rings. The van der Waals surface area contributed by atoms with Gasteiger partial charge in [0.25, 0.3) is 0 Å². The Balaban J connectivity index is 1.86. The molecule has 0 radical (unpaired) electrons. The van der Waals surface area contributed by atoms with E-state index < -0.39 is 0 Å². The fourth-order valence-electron chi connectivity index (χ4n) is 2.65. The number of aromatic nitrogens is 2. The van der Waals surface area contributed by atoms with E-state index in [1.165, 1.54) is 29.7 Å². The first-order valence-electron chi connectivity index (χ1n) is 6.46. The lowest BCUT2D eigenvalue weighted by Gasteiger charge is -2.21. The molecule has 1 aliphatic heterocycles. The van der Waals surface area contributed by atoms with Crippen molar-refractivity contribution < 1.29 is 0 Å². The minimum absolute atomic E-state index is 0.794. The molecule has 3 heteroatoms. The maximum Gasteiger partial charge on any atom is 0.113 e. The summed E-state index contributed by atoms with van der Waals surface area (Å²) in [6, 6.07) is 4.29. The van der Waals surface area contributed by atoms with Crippen molar-refractivity contribution >= 4 is 5.52 Å². The van der Waals surface area contributed by atoms with Crippen molar-refractivity contribution in [3.05, 3.63) is 35.9 Å². The van der Waals surface area contributed by atoms with Crippen LogP contribution in [0.4, 0.5) is 0 Å². The number of aryl methyl sites for hydroxylation is 1. The molecule has 0 unspecified atom stereocenters. The highest BCUT2D eigenvalue weighted by Gasteiger charge is 2.15. The third-order valence-corrected chi connectivity index (χ3v) is 3.68. The van der Waals surface area contributed by atoms with E-state index >= 15 is 0 Å². The molecule has 1 saturated heterocycles. The highest BCUT2D eigenvalue weighted by atomic mass is 15.0. The van der Waals surface area contributed by atoms with Crippen molar-refractivity contribution in [2.75, 3.05) is 13.1 Å². The minimum Gasteiger partial charge on any atom is -0.317 e. The van der Waals surface area contributed by atoms with Gasteiger partial charge in [0.05, 0.1) is 11.7 Å². The Morgan fingerprint density at radius 2 is 2.18 bits per heavy atom. The Hall–Kier alpha value is -1.35. The van der Waals surface area contributed by atoms with Crippen LogP contribution in [0.15, 0.2) is 24.5 Å². The monoisotopic (exact) mass is 229 g/mol. The summed E-state index contributed by atoms with van der Waals surface area (Å²) in [6.45, 7) is 4.45. The zero-order valence-corrected chi connectivity index (χ0v) is 10.3. The average Bonchev–Trinajstić information content (AvgIpc) is 2.73. The summed E-state index contributed by atoms with van der Waals surface area (Å²) < 4.78 is 2.25. The molecule has 1 fully saturated rings. The lowest BCUT2D eigenvalue weighted by atomic mass is 9.94. The van der Waals surface area contributed by atoms with Crippen LogP contribution in [-0.4, -0.2) is 22.5 Å². The van der Waals surface area contributed by atoms with E-state index in [4.69, 9.17) is 0 Å². The predicted octanol–water partition coefficient (Wildman–Crippen LogP) is 2.18. The summed E-state index contributed by atoms with van der Waals surface area (Å²) in [7, 11) is 0. The van der Waals surface area contributed by atoms with Crippen LogP contribution in [0.5, 0.6) is 0 Å². The van der Waals surface area contributed by atoms with Crippen molar-refractivity contribution in [2.24, 2.45) is 5.92 Å². The number of pyridine rings is 1. The number of hydrogen-bond donors (Lipinski definition) is 1. The van der Waals surface area contributed by atoms with Crippen LogP contribution in [0.2, 0.25) is 0 Å². The standard InChI is InChI=1S/C14H19N3/c1-11-2-3-13-9-16-14(17(13)10-11)8-12-4-6-15-7-5-12/h2-3,9-10,12,15H,4-8H2,1H3. The zero-order chi connectivity index (χ0) is 11.7. The van der Waals surface area contributed by atoms with Gasteiger partial charge in [-0.1, -0.05) is 6.07 Å². The average molecular weight is 229 g/mol. The van der Waals surface area contributed by atoms with Crippen LogP contribution in [0.1, 0.15) is 24.2 Å². The molecule has 0 saturated carbocycles. The lowest BCUT2D eigenvalue weighted by molar-refractivity contribution is 0.367. The van der Waals surface area contributed by atoms with E-state index in [9.17, 15) is 0 Å². The predicted molar refractivity (Wildman–Crippen MR) is 69.2 cm³/mol. The van der Waals surface area contributed by atoms with Crippen LogP contribution >= 0.6 is 0 Å². The van der Waals surface area contributed by atoms with E-state index in [0.717, 1.165) is 25.4 Å². The Morgan fingerprint density at radius 3 is 3.00 bits per heavy atom. The molecule has 0 aliphatic carbocycles. The molecule has 2 aromatic rings. The highest BCUT2D eigenvalue weighted by Crippen LogP contribution is 2.18. The van der Waals surface area contributed by atoms with Gasteiger partial charge in [0.2, 0.25) is 0 Å². The second kappa shape index (κ2) is 4.49. The van der Waals surface area contributed by atoms with Gasteiger partial charge in [-0.25, -0.2) is 4.98 Å². The molecule has 3 rings (SSSR count). The van der Waals surface area contributed by atoms with Crippen molar-refractivity contribution in [3.63, 3.8) is 0 Å². The molecule has 3 heterocycles. The van der Waals surface area contributed by atoms with E-state index in [2.05, 4.69) is 40.0 Å². The number of nitrogens with zero attached hydrogens (tertiary/aromatic N) is 2. The van der Waals surface area contributed by atoms with E-state index in [1.54, 1.807) is 0 Å². The van der Waals surface area contributed by atoms with Crippen molar-refractivity contribution in [3.8, 4) is 0 Å². The number of nitrogens with one attached hydrogen (secondary N) is 1. The van der Waals surface area contributed by atoms with Crippen LogP contribution in [0, 0.1) is 12.8 Å². The molecule has 0 bridgehead atoms. The quantitative estimate of drug-likeness (QED) is 0.855. The van der Waals surface area contributed by atoms with Gasteiger partial charge in [0, 0.05) is 12.6 Å². The molecular weight excluding hydrogens is 210 g/mol. The lowest BCUT2D eigenvalue weighted by Crippen LogP contribution is -2.29. The maximum atomic E-state index is 4.57. The van der Waals surface area contributed by atoms with Crippen molar-refractivity contribution in [1.82, 2.24) is 14.7 Å². The maximum absolute atomic E-state index is 4.57. The largest absolute Gasteiger partial charge is 0.317 e. The third-order valence-electron chi connectivity index (χ3n) is 3.68. The first-order valence-corrected chi connectivity index (χ1v) is 6.46. The smallest absolute Gasteiger partial charge is 0.113 e. The number of rotatable bonds is 2. The van der Waals surface area contributed by atoms with Gasteiger partial charge >= 0.3 is 0 Å². The van der Waals surface area contributed by atoms with Crippen LogP contribution in [0.25, 0.3) is 5.52 Å². The fraction of sp³-hybridized carbons (Fsp3) is 0.500. The summed E-state index contributed by atoms with van der Waals surface area (Å²) in [5.74, 6) is 2.01. The summed E-state index contributed by atoms with van der Waals surface area (Å²) in [5.41, 5.74) is 2.50. The fourth-order valence-corrected chi connectivity index (χ4v) is 2.65. The van der Waals surface area contributed by atoms with E-state index in [-0.39, 0.29) is 0 Å². The molecule has 17 heavy (non-hydrogen) atoms. The number of hydrogen-bond acceptors (Lipinski definition) is 2. The Bertz CT molecular complexity index is 509.